The molecule has 4 N–H and O–H groups in total. The Labute approximate surface area is 163 Å². The molecular formula is C20H24N8. The van der Waals surface area contributed by atoms with Gasteiger partial charge in [-0.15, -0.1) is 0 Å². The number of aromatic nitrogens is 6. The van der Waals surface area contributed by atoms with Crippen LogP contribution >= 0.6 is 0 Å². The number of aryl methyl sites for hydroxylation is 1. The number of hydrogen-bond acceptors (Lipinski definition) is 6. The van der Waals surface area contributed by atoms with Crippen molar-refractivity contribution in [2.45, 2.75) is 26.9 Å². The molecule has 8 heteroatoms. The average Bonchev–Trinajstić information content (AvgIpc) is 3.19. The molecule has 0 saturated carbocycles. The van der Waals surface area contributed by atoms with E-state index in [9.17, 15) is 0 Å². The standard InChI is InChI=1S/2C10H12N4/c1-8-10(11)6-13-14(8)7-9-2-4-12-5-3-9;1-8-10(11)7-14(13-8)6-9-2-4-12-5-3-9/h2-6H,7,11H2,1H3;2-5,7H,6,11H2,1H3. The van der Waals surface area contributed by atoms with E-state index in [0.717, 1.165) is 35.9 Å². The fraction of sp³-hybridized carbons (Fsp3) is 0.200. The summed E-state index contributed by atoms with van der Waals surface area (Å²) < 4.78 is 3.71. The Morgan fingerprint density at radius 2 is 1.39 bits per heavy atom. The Balaban J connectivity index is 0.000000161. The Morgan fingerprint density at radius 3 is 1.86 bits per heavy atom. The summed E-state index contributed by atoms with van der Waals surface area (Å²) >= 11 is 0. The van der Waals surface area contributed by atoms with Gasteiger partial charge in [0.1, 0.15) is 0 Å². The molecule has 0 fully saturated rings. The fourth-order valence-corrected chi connectivity index (χ4v) is 2.57. The third kappa shape index (κ3) is 4.94. The number of pyridine rings is 2. The van der Waals surface area contributed by atoms with E-state index in [1.54, 1.807) is 31.0 Å². The number of anilines is 2. The lowest BCUT2D eigenvalue weighted by molar-refractivity contribution is 0.665. The fourth-order valence-electron chi connectivity index (χ4n) is 2.57. The summed E-state index contributed by atoms with van der Waals surface area (Å²) in [5.74, 6) is 0. The van der Waals surface area contributed by atoms with E-state index in [2.05, 4.69) is 20.2 Å². The molecule has 4 rings (SSSR count). The lowest BCUT2D eigenvalue weighted by atomic mass is 10.2. The molecule has 0 radical (unpaired) electrons. The molecule has 0 atom stereocenters. The smallest absolute Gasteiger partial charge is 0.0823 e. The van der Waals surface area contributed by atoms with Gasteiger partial charge in [0.05, 0.1) is 42.0 Å². The van der Waals surface area contributed by atoms with E-state index >= 15 is 0 Å². The molecule has 4 aromatic heterocycles. The summed E-state index contributed by atoms with van der Waals surface area (Å²) in [5.41, 5.74) is 17.1. The topological polar surface area (TPSA) is 113 Å². The van der Waals surface area contributed by atoms with Crippen LogP contribution in [0.4, 0.5) is 11.4 Å². The molecule has 144 valence electrons. The van der Waals surface area contributed by atoms with Gasteiger partial charge in [-0.2, -0.15) is 10.2 Å². The monoisotopic (exact) mass is 376 g/mol. The Kier molecular flexibility index (Phi) is 6.01. The molecule has 8 nitrogen and oxygen atoms in total. The lowest BCUT2D eigenvalue weighted by Gasteiger charge is -2.03. The van der Waals surface area contributed by atoms with Crippen LogP contribution < -0.4 is 11.5 Å². The third-order valence-electron chi connectivity index (χ3n) is 4.30. The van der Waals surface area contributed by atoms with Crippen LogP contribution in [0.15, 0.2) is 61.4 Å². The highest BCUT2D eigenvalue weighted by Crippen LogP contribution is 2.10. The van der Waals surface area contributed by atoms with Gasteiger partial charge in [-0.1, -0.05) is 0 Å². The Morgan fingerprint density at radius 1 is 0.821 bits per heavy atom. The van der Waals surface area contributed by atoms with Gasteiger partial charge < -0.3 is 11.5 Å². The minimum atomic E-state index is 0.735. The SMILES string of the molecule is Cc1c(N)cnn1Cc1ccncc1.Cc1nn(Cc2ccncc2)cc1N. The highest BCUT2D eigenvalue weighted by atomic mass is 15.3. The van der Waals surface area contributed by atoms with Crippen LogP contribution in [0, 0.1) is 13.8 Å². The summed E-state index contributed by atoms with van der Waals surface area (Å²) in [6.45, 7) is 5.34. The molecule has 28 heavy (non-hydrogen) atoms. The molecule has 0 aliphatic heterocycles. The van der Waals surface area contributed by atoms with E-state index in [1.165, 1.54) is 11.1 Å². The number of rotatable bonds is 4. The third-order valence-corrected chi connectivity index (χ3v) is 4.30. The van der Waals surface area contributed by atoms with Crippen molar-refractivity contribution in [2.75, 3.05) is 11.5 Å². The zero-order valence-corrected chi connectivity index (χ0v) is 16.0. The number of nitrogen functional groups attached to an aromatic ring is 2. The van der Waals surface area contributed by atoms with Gasteiger partial charge in [0.15, 0.2) is 0 Å². The molecule has 0 aliphatic rings. The van der Waals surface area contributed by atoms with Crippen molar-refractivity contribution < 1.29 is 0 Å². The van der Waals surface area contributed by atoms with Crippen LogP contribution in [-0.4, -0.2) is 29.5 Å². The second-order valence-electron chi connectivity index (χ2n) is 6.42. The van der Waals surface area contributed by atoms with Crippen molar-refractivity contribution in [3.63, 3.8) is 0 Å². The maximum absolute atomic E-state index is 5.70. The summed E-state index contributed by atoms with van der Waals surface area (Å²) in [5, 5.41) is 8.46. The van der Waals surface area contributed by atoms with Crippen LogP contribution in [0.1, 0.15) is 22.5 Å². The molecule has 0 amide bonds. The van der Waals surface area contributed by atoms with Gasteiger partial charge in [0, 0.05) is 31.0 Å². The Hall–Kier alpha value is -3.68. The predicted molar refractivity (Wildman–Crippen MR) is 109 cm³/mol. The van der Waals surface area contributed by atoms with Gasteiger partial charge >= 0.3 is 0 Å². The van der Waals surface area contributed by atoms with Crippen LogP contribution in [0.3, 0.4) is 0 Å². The van der Waals surface area contributed by atoms with Crippen LogP contribution in [0.2, 0.25) is 0 Å². The number of hydrogen-bond donors (Lipinski definition) is 2. The van der Waals surface area contributed by atoms with E-state index in [0.29, 0.717) is 0 Å². The van der Waals surface area contributed by atoms with E-state index in [4.69, 9.17) is 11.5 Å². The minimum absolute atomic E-state index is 0.735. The Bertz CT molecular complexity index is 986. The molecule has 0 saturated heterocycles. The summed E-state index contributed by atoms with van der Waals surface area (Å²) in [6.07, 6.45) is 10.6. The number of nitrogens with two attached hydrogens (primary N) is 2. The lowest BCUT2D eigenvalue weighted by Crippen LogP contribution is -2.04. The molecule has 4 heterocycles. The van der Waals surface area contributed by atoms with Crippen molar-refractivity contribution in [3.05, 3.63) is 84.0 Å². The highest BCUT2D eigenvalue weighted by molar-refractivity contribution is 5.40. The van der Waals surface area contributed by atoms with Crippen molar-refractivity contribution in [3.8, 4) is 0 Å². The summed E-state index contributed by atoms with van der Waals surface area (Å²) in [4.78, 5) is 7.92. The first-order valence-electron chi connectivity index (χ1n) is 8.88. The van der Waals surface area contributed by atoms with E-state index in [-0.39, 0.29) is 0 Å². The molecule has 0 bridgehead atoms. The van der Waals surface area contributed by atoms with E-state index < -0.39 is 0 Å². The summed E-state index contributed by atoms with van der Waals surface area (Å²) in [7, 11) is 0. The zero-order chi connectivity index (χ0) is 19.9. The second kappa shape index (κ2) is 8.81. The summed E-state index contributed by atoms with van der Waals surface area (Å²) in [6, 6.07) is 7.87. The molecular weight excluding hydrogens is 352 g/mol. The van der Waals surface area contributed by atoms with Gasteiger partial charge in [0.25, 0.3) is 0 Å². The molecule has 0 unspecified atom stereocenters. The van der Waals surface area contributed by atoms with Gasteiger partial charge in [-0.05, 0) is 49.2 Å². The second-order valence-corrected chi connectivity index (χ2v) is 6.42. The predicted octanol–water partition coefficient (Wildman–Crippen LogP) is 2.43. The molecule has 0 spiro atoms. The maximum atomic E-state index is 5.70. The maximum Gasteiger partial charge on any atom is 0.0823 e. The van der Waals surface area contributed by atoms with Crippen LogP contribution in [0.25, 0.3) is 0 Å². The quantitative estimate of drug-likeness (QED) is 0.565. The largest absolute Gasteiger partial charge is 0.396 e. The first-order valence-corrected chi connectivity index (χ1v) is 8.88. The number of nitrogens with zero attached hydrogens (tertiary/aromatic N) is 6. The van der Waals surface area contributed by atoms with Crippen molar-refractivity contribution >= 4 is 11.4 Å². The molecule has 0 aliphatic carbocycles. The first-order chi connectivity index (χ1) is 13.5. The van der Waals surface area contributed by atoms with Crippen molar-refractivity contribution in [1.82, 2.24) is 29.5 Å². The van der Waals surface area contributed by atoms with Gasteiger partial charge in [-0.25, -0.2) is 0 Å². The normalized spacial score (nSPS) is 10.4. The minimum Gasteiger partial charge on any atom is -0.396 e. The zero-order valence-electron chi connectivity index (χ0n) is 16.0. The van der Waals surface area contributed by atoms with Gasteiger partial charge in [0.2, 0.25) is 0 Å². The average molecular weight is 376 g/mol. The van der Waals surface area contributed by atoms with E-state index in [1.807, 2.05) is 53.7 Å². The molecule has 0 aromatic carbocycles. The van der Waals surface area contributed by atoms with Crippen molar-refractivity contribution in [2.24, 2.45) is 0 Å². The first kappa shape index (κ1) is 19.1. The van der Waals surface area contributed by atoms with Crippen molar-refractivity contribution in [1.29, 1.82) is 0 Å². The van der Waals surface area contributed by atoms with Gasteiger partial charge in [-0.3, -0.25) is 19.3 Å². The highest BCUT2D eigenvalue weighted by Gasteiger charge is 2.03. The molecule has 4 aromatic rings. The van der Waals surface area contributed by atoms with Crippen LogP contribution in [0.5, 0.6) is 0 Å². The van der Waals surface area contributed by atoms with Crippen LogP contribution in [-0.2, 0) is 13.1 Å².